The van der Waals surface area contributed by atoms with E-state index in [-0.39, 0.29) is 11.9 Å². The molecule has 6 nitrogen and oxygen atoms in total. The number of fused-ring (bicyclic) bond motifs is 1. The monoisotopic (exact) mass is 391 g/mol. The van der Waals surface area contributed by atoms with Crippen molar-refractivity contribution < 1.29 is 17.7 Å². The third-order valence-corrected chi connectivity index (χ3v) is 5.20. The normalized spacial score (nSPS) is 17.1. The quantitative estimate of drug-likeness (QED) is 0.673. The summed E-state index contributed by atoms with van der Waals surface area (Å²) >= 11 is 0. The van der Waals surface area contributed by atoms with Crippen LogP contribution in [0.2, 0.25) is 0 Å². The van der Waals surface area contributed by atoms with Gasteiger partial charge in [-0.25, -0.2) is 0 Å². The molecule has 0 aliphatic heterocycles. The average molecular weight is 391 g/mol. The van der Waals surface area contributed by atoms with E-state index in [4.69, 9.17) is 4.52 Å². The number of benzene rings is 1. The highest BCUT2D eigenvalue weighted by molar-refractivity contribution is 5.54. The molecule has 0 amide bonds. The molecule has 28 heavy (non-hydrogen) atoms. The predicted octanol–water partition coefficient (Wildman–Crippen LogP) is 4.00. The Bertz CT molecular complexity index is 961. The smallest absolute Gasteiger partial charge is 0.338 e. The van der Waals surface area contributed by atoms with Crippen LogP contribution in [-0.2, 0) is 26.2 Å². The lowest BCUT2D eigenvalue weighted by Crippen LogP contribution is -2.27. The largest absolute Gasteiger partial charge is 0.416 e. The molecule has 1 atom stereocenters. The van der Waals surface area contributed by atoms with Crippen molar-refractivity contribution in [1.82, 2.24) is 24.8 Å². The maximum atomic E-state index is 12.7. The van der Waals surface area contributed by atoms with E-state index in [1.54, 1.807) is 0 Å². The van der Waals surface area contributed by atoms with Gasteiger partial charge in [0.2, 0.25) is 11.7 Å². The zero-order chi connectivity index (χ0) is 19.9. The highest BCUT2D eigenvalue weighted by Crippen LogP contribution is 2.34. The Morgan fingerprint density at radius 3 is 2.71 bits per heavy atom. The third-order valence-electron chi connectivity index (χ3n) is 5.20. The molecule has 0 fully saturated rings. The van der Waals surface area contributed by atoms with Gasteiger partial charge in [-0.2, -0.15) is 23.3 Å². The topological polar surface area (TPSA) is 60.0 Å². The van der Waals surface area contributed by atoms with Gasteiger partial charge in [0.25, 0.3) is 0 Å². The van der Waals surface area contributed by atoms with Crippen LogP contribution in [0.25, 0.3) is 11.4 Å². The van der Waals surface area contributed by atoms with Gasteiger partial charge >= 0.3 is 6.18 Å². The van der Waals surface area contributed by atoms with Crippen molar-refractivity contribution in [2.24, 2.45) is 7.05 Å². The number of nitrogens with zero attached hydrogens (tertiary/aromatic N) is 5. The number of aromatic nitrogens is 4. The van der Waals surface area contributed by atoms with Crippen LogP contribution in [0.3, 0.4) is 0 Å². The number of alkyl halides is 3. The van der Waals surface area contributed by atoms with Crippen molar-refractivity contribution in [3.05, 3.63) is 53.2 Å². The molecule has 0 saturated carbocycles. The molecule has 1 aromatic carbocycles. The molecule has 2 heterocycles. The van der Waals surface area contributed by atoms with E-state index in [0.717, 1.165) is 31.4 Å². The fourth-order valence-electron chi connectivity index (χ4n) is 3.71. The van der Waals surface area contributed by atoms with E-state index in [0.29, 0.717) is 18.0 Å². The molecule has 9 heteroatoms. The first-order valence-corrected chi connectivity index (χ1v) is 9.04. The summed E-state index contributed by atoms with van der Waals surface area (Å²) in [5.41, 5.74) is 2.25. The van der Waals surface area contributed by atoms with Crippen LogP contribution < -0.4 is 0 Å². The van der Waals surface area contributed by atoms with Gasteiger partial charge in [0.15, 0.2) is 0 Å². The Hall–Kier alpha value is -2.68. The molecule has 4 rings (SSSR count). The van der Waals surface area contributed by atoms with Crippen molar-refractivity contribution in [2.45, 2.75) is 38.0 Å². The van der Waals surface area contributed by atoms with Gasteiger partial charge < -0.3 is 4.52 Å². The first-order valence-electron chi connectivity index (χ1n) is 9.04. The molecular formula is C19H20F3N5O. The van der Waals surface area contributed by atoms with Crippen LogP contribution in [0.5, 0.6) is 0 Å². The summed E-state index contributed by atoms with van der Waals surface area (Å²) in [4.78, 5) is 6.49. The SMILES string of the molecule is CN(Cc1nc(-c2ccc(C(F)(F)F)cc2)no1)C1CCCc2c1cnn2C. The van der Waals surface area contributed by atoms with E-state index < -0.39 is 11.7 Å². The van der Waals surface area contributed by atoms with E-state index in [1.807, 2.05) is 25.0 Å². The van der Waals surface area contributed by atoms with Gasteiger partial charge in [0.1, 0.15) is 0 Å². The summed E-state index contributed by atoms with van der Waals surface area (Å²) in [6.45, 7) is 0.451. The van der Waals surface area contributed by atoms with Crippen molar-refractivity contribution in [3.8, 4) is 11.4 Å². The van der Waals surface area contributed by atoms with E-state index in [9.17, 15) is 13.2 Å². The maximum absolute atomic E-state index is 12.7. The fraction of sp³-hybridized carbons (Fsp3) is 0.421. The van der Waals surface area contributed by atoms with E-state index >= 15 is 0 Å². The molecule has 3 aromatic rings. The highest BCUT2D eigenvalue weighted by Gasteiger charge is 2.30. The van der Waals surface area contributed by atoms with E-state index in [2.05, 4.69) is 20.1 Å². The van der Waals surface area contributed by atoms with Gasteiger partial charge in [-0.3, -0.25) is 9.58 Å². The first-order chi connectivity index (χ1) is 13.3. The summed E-state index contributed by atoms with van der Waals surface area (Å²) in [5.74, 6) is 0.705. The molecule has 148 valence electrons. The Labute approximate surface area is 160 Å². The maximum Gasteiger partial charge on any atom is 0.416 e. The summed E-state index contributed by atoms with van der Waals surface area (Å²) in [6.07, 6.45) is 0.679. The lowest BCUT2D eigenvalue weighted by Gasteiger charge is -2.30. The minimum absolute atomic E-state index is 0.221. The first kappa shape index (κ1) is 18.7. The number of aryl methyl sites for hydroxylation is 1. The van der Waals surface area contributed by atoms with Crippen LogP contribution in [0.4, 0.5) is 13.2 Å². The average Bonchev–Trinajstić information content (AvgIpc) is 3.28. The van der Waals surface area contributed by atoms with Gasteiger partial charge in [-0.15, -0.1) is 0 Å². The lowest BCUT2D eigenvalue weighted by molar-refractivity contribution is -0.137. The van der Waals surface area contributed by atoms with Crippen LogP contribution in [0.15, 0.2) is 35.0 Å². The van der Waals surface area contributed by atoms with Crippen LogP contribution in [-0.4, -0.2) is 31.9 Å². The second-order valence-electron chi connectivity index (χ2n) is 7.08. The van der Waals surface area contributed by atoms with Crippen LogP contribution in [0, 0.1) is 0 Å². The summed E-state index contributed by atoms with van der Waals surface area (Å²) in [6, 6.07) is 4.96. The third kappa shape index (κ3) is 3.54. The number of rotatable bonds is 4. The second-order valence-corrected chi connectivity index (χ2v) is 7.08. The molecule has 2 aromatic heterocycles. The molecule has 1 aliphatic rings. The zero-order valence-corrected chi connectivity index (χ0v) is 15.6. The molecule has 0 bridgehead atoms. The second kappa shape index (κ2) is 7.05. The Morgan fingerprint density at radius 2 is 2.00 bits per heavy atom. The lowest BCUT2D eigenvalue weighted by atomic mass is 9.92. The fourth-order valence-corrected chi connectivity index (χ4v) is 3.71. The molecule has 0 radical (unpaired) electrons. The standard InChI is InChI=1S/C19H20F3N5O/c1-26(15-4-3-5-16-14(15)10-23-27(16)2)11-17-24-18(25-28-17)12-6-8-13(9-7-12)19(20,21)22/h6-10,15H,3-5,11H2,1-2H3. The molecule has 0 saturated heterocycles. The minimum Gasteiger partial charge on any atom is -0.338 e. The van der Waals surface area contributed by atoms with Gasteiger partial charge in [-0.1, -0.05) is 17.3 Å². The summed E-state index contributed by atoms with van der Waals surface area (Å²) < 4.78 is 45.3. The van der Waals surface area contributed by atoms with Crippen LogP contribution in [0.1, 0.15) is 41.6 Å². The summed E-state index contributed by atoms with van der Waals surface area (Å²) in [5, 5.41) is 8.28. The Kier molecular flexibility index (Phi) is 4.70. The number of hydrogen-bond donors (Lipinski definition) is 0. The zero-order valence-electron chi connectivity index (χ0n) is 15.6. The molecule has 0 N–H and O–H groups in total. The Morgan fingerprint density at radius 1 is 1.25 bits per heavy atom. The molecule has 0 spiro atoms. The number of hydrogen-bond acceptors (Lipinski definition) is 5. The van der Waals surface area contributed by atoms with Gasteiger partial charge in [0, 0.05) is 29.9 Å². The van der Waals surface area contributed by atoms with Crippen LogP contribution >= 0.6 is 0 Å². The molecular weight excluding hydrogens is 371 g/mol. The molecule has 1 unspecified atom stereocenters. The molecule has 1 aliphatic carbocycles. The van der Waals surface area contributed by atoms with Gasteiger partial charge in [0.05, 0.1) is 18.3 Å². The Balaban J connectivity index is 1.48. The van der Waals surface area contributed by atoms with Crippen molar-refractivity contribution in [2.75, 3.05) is 7.05 Å². The van der Waals surface area contributed by atoms with Gasteiger partial charge in [-0.05, 0) is 38.4 Å². The van der Waals surface area contributed by atoms with Crippen molar-refractivity contribution >= 4 is 0 Å². The van der Waals surface area contributed by atoms with Crippen molar-refractivity contribution in [1.29, 1.82) is 0 Å². The highest BCUT2D eigenvalue weighted by atomic mass is 19.4. The van der Waals surface area contributed by atoms with E-state index in [1.165, 1.54) is 23.4 Å². The number of halogens is 3. The predicted molar refractivity (Wildman–Crippen MR) is 95.1 cm³/mol. The summed E-state index contributed by atoms with van der Waals surface area (Å²) in [7, 11) is 3.95. The minimum atomic E-state index is -4.37. The van der Waals surface area contributed by atoms with Crippen molar-refractivity contribution in [3.63, 3.8) is 0 Å².